The predicted octanol–water partition coefficient (Wildman–Crippen LogP) is 5.44. The van der Waals surface area contributed by atoms with Gasteiger partial charge in [0.05, 0.1) is 17.3 Å². The van der Waals surface area contributed by atoms with Crippen molar-refractivity contribution in [3.8, 4) is 0 Å². The molecule has 2 heterocycles. The van der Waals surface area contributed by atoms with Gasteiger partial charge in [-0.25, -0.2) is 0 Å². The van der Waals surface area contributed by atoms with Crippen LogP contribution in [0.4, 0.5) is 11.4 Å². The lowest BCUT2D eigenvalue weighted by atomic mass is 9.79. The molecule has 1 unspecified atom stereocenters. The number of ketones is 3. The van der Waals surface area contributed by atoms with Crippen LogP contribution in [0.25, 0.3) is 0 Å². The highest BCUT2D eigenvalue weighted by Crippen LogP contribution is 2.46. The number of hydrogen-bond acceptors (Lipinski definition) is 6. The van der Waals surface area contributed by atoms with Gasteiger partial charge in [-0.2, -0.15) is 0 Å². The molecule has 2 aromatic carbocycles. The quantitative estimate of drug-likeness (QED) is 0.311. The van der Waals surface area contributed by atoms with Gasteiger partial charge in [-0.1, -0.05) is 36.0 Å². The maximum atomic E-state index is 13.5. The average Bonchev–Trinajstić information content (AvgIpc) is 2.76. The predicted molar refractivity (Wildman–Crippen MR) is 121 cm³/mol. The van der Waals surface area contributed by atoms with E-state index in [1.807, 2.05) is 36.4 Å². The molecule has 0 bridgehead atoms. The van der Waals surface area contributed by atoms with Gasteiger partial charge in [-0.15, -0.1) is 0 Å². The number of Topliss-reactive ketones (excluding diaryl/α,β-unsaturated/α-hetero) is 3. The Hall–Kier alpha value is -3.25. The Balaban J connectivity index is 1.69. The van der Waals surface area contributed by atoms with Gasteiger partial charge in [0.25, 0.3) is 0 Å². The fourth-order valence-corrected chi connectivity index (χ4v) is 5.06. The first kappa shape index (κ1) is 21.0. The van der Waals surface area contributed by atoms with Gasteiger partial charge in [0.1, 0.15) is 11.6 Å². The van der Waals surface area contributed by atoms with Crippen LogP contribution in [0.3, 0.4) is 0 Å². The van der Waals surface area contributed by atoms with Crippen molar-refractivity contribution in [1.29, 1.82) is 0 Å². The van der Waals surface area contributed by atoms with Crippen molar-refractivity contribution in [3.63, 3.8) is 0 Å². The second-order valence-corrected chi connectivity index (χ2v) is 8.67. The summed E-state index contributed by atoms with van der Waals surface area (Å²) in [6.07, 6.45) is 1.63. The van der Waals surface area contributed by atoms with Crippen molar-refractivity contribution in [1.82, 2.24) is 4.98 Å². The van der Waals surface area contributed by atoms with Gasteiger partial charge in [-0.05, 0) is 50.2 Å². The molecule has 1 aliphatic rings. The van der Waals surface area contributed by atoms with E-state index in [9.17, 15) is 14.4 Å². The maximum absolute atomic E-state index is 13.5. The van der Waals surface area contributed by atoms with E-state index >= 15 is 0 Å². The summed E-state index contributed by atoms with van der Waals surface area (Å²) in [7, 11) is 0. The SMILES string of the molecule is CC(=O)C(C(C)=O)C(CC(=O)c1cccc2c1Nc1ccccc1S2)c1ccccn1. The molecule has 1 atom stereocenters. The molecule has 156 valence electrons. The molecule has 1 aromatic heterocycles. The maximum Gasteiger partial charge on any atom is 0.165 e. The van der Waals surface area contributed by atoms with Crippen LogP contribution in [-0.2, 0) is 9.59 Å². The monoisotopic (exact) mass is 430 g/mol. The summed E-state index contributed by atoms with van der Waals surface area (Å²) in [5.41, 5.74) is 2.83. The van der Waals surface area contributed by atoms with E-state index in [-0.39, 0.29) is 23.8 Å². The molecule has 0 saturated heterocycles. The molecule has 1 aliphatic heterocycles. The van der Waals surface area contributed by atoms with E-state index in [1.54, 1.807) is 42.2 Å². The number of hydrogen-bond donors (Lipinski definition) is 1. The molecule has 31 heavy (non-hydrogen) atoms. The lowest BCUT2D eigenvalue weighted by Gasteiger charge is -2.25. The summed E-state index contributed by atoms with van der Waals surface area (Å²) in [4.78, 5) is 44.5. The van der Waals surface area contributed by atoms with Crippen molar-refractivity contribution < 1.29 is 14.4 Å². The van der Waals surface area contributed by atoms with Crippen LogP contribution in [0.5, 0.6) is 0 Å². The van der Waals surface area contributed by atoms with Crippen molar-refractivity contribution >= 4 is 40.5 Å². The van der Waals surface area contributed by atoms with Gasteiger partial charge in [0.15, 0.2) is 5.78 Å². The van der Waals surface area contributed by atoms with Gasteiger partial charge in [0, 0.05) is 39.6 Å². The van der Waals surface area contributed by atoms with Crippen LogP contribution in [0.15, 0.2) is 76.7 Å². The zero-order valence-corrected chi connectivity index (χ0v) is 18.1. The number of carbonyl (C=O) groups excluding carboxylic acids is 3. The number of nitrogens with zero attached hydrogens (tertiary/aromatic N) is 1. The topological polar surface area (TPSA) is 76.1 Å². The molecule has 0 amide bonds. The van der Waals surface area contributed by atoms with Crippen LogP contribution in [0.2, 0.25) is 0 Å². The number of nitrogens with one attached hydrogen (secondary N) is 1. The summed E-state index contributed by atoms with van der Waals surface area (Å²) in [5.74, 6) is -2.15. The van der Waals surface area contributed by atoms with Crippen molar-refractivity contribution in [2.45, 2.75) is 36.0 Å². The fraction of sp³-hybridized carbons (Fsp3) is 0.200. The standard InChI is InChI=1S/C25H22N2O3S/c1-15(28)24(16(2)29)18(19-9-5-6-13-26-19)14-21(30)17-8-7-12-23-25(17)27-20-10-3-4-11-22(20)31-23/h3-13,18,24,27H,14H2,1-2H3. The lowest BCUT2D eigenvalue weighted by molar-refractivity contribution is -0.131. The van der Waals surface area contributed by atoms with Crippen molar-refractivity contribution in [2.75, 3.05) is 5.32 Å². The van der Waals surface area contributed by atoms with Gasteiger partial charge in [0.2, 0.25) is 0 Å². The first-order valence-electron chi connectivity index (χ1n) is 10.1. The number of benzene rings is 2. The Morgan fingerprint density at radius 1 is 0.903 bits per heavy atom. The van der Waals surface area contributed by atoms with Crippen LogP contribution in [-0.4, -0.2) is 22.3 Å². The molecular weight excluding hydrogens is 408 g/mol. The molecule has 0 saturated carbocycles. The second-order valence-electron chi connectivity index (χ2n) is 7.59. The minimum Gasteiger partial charge on any atom is -0.353 e. The van der Waals surface area contributed by atoms with Crippen LogP contribution in [0.1, 0.15) is 42.2 Å². The zero-order valence-electron chi connectivity index (χ0n) is 17.3. The van der Waals surface area contributed by atoms with Gasteiger partial charge >= 0.3 is 0 Å². The number of carbonyl (C=O) groups is 3. The molecule has 4 rings (SSSR count). The first-order valence-corrected chi connectivity index (χ1v) is 10.9. The Bertz CT molecular complexity index is 1150. The number of aromatic nitrogens is 1. The summed E-state index contributed by atoms with van der Waals surface area (Å²) in [6.45, 7) is 2.79. The minimum absolute atomic E-state index is 0.0191. The highest BCUT2D eigenvalue weighted by Gasteiger charge is 2.34. The summed E-state index contributed by atoms with van der Waals surface area (Å²) in [6, 6.07) is 18.9. The molecule has 0 aliphatic carbocycles. The van der Waals surface area contributed by atoms with E-state index in [4.69, 9.17) is 0 Å². The lowest BCUT2D eigenvalue weighted by Crippen LogP contribution is -2.29. The van der Waals surface area contributed by atoms with Crippen LogP contribution >= 0.6 is 11.8 Å². The molecule has 1 N–H and O–H groups in total. The number of pyridine rings is 1. The molecule has 0 fully saturated rings. The van der Waals surface area contributed by atoms with Gasteiger partial charge < -0.3 is 5.32 Å². The van der Waals surface area contributed by atoms with E-state index in [0.29, 0.717) is 11.3 Å². The second kappa shape index (κ2) is 8.86. The Morgan fingerprint density at radius 3 is 2.32 bits per heavy atom. The molecule has 6 heteroatoms. The van der Waals surface area contributed by atoms with Crippen LogP contribution < -0.4 is 5.32 Å². The minimum atomic E-state index is -0.901. The van der Waals surface area contributed by atoms with E-state index < -0.39 is 11.8 Å². The largest absolute Gasteiger partial charge is 0.353 e. The molecule has 3 aromatic rings. The number of rotatable bonds is 7. The summed E-state index contributed by atoms with van der Waals surface area (Å²) in [5, 5.41) is 3.39. The molecule has 0 radical (unpaired) electrons. The summed E-state index contributed by atoms with van der Waals surface area (Å²) < 4.78 is 0. The first-order chi connectivity index (χ1) is 15.0. The highest BCUT2D eigenvalue weighted by atomic mass is 32.2. The van der Waals surface area contributed by atoms with Gasteiger partial charge in [-0.3, -0.25) is 19.4 Å². The third-order valence-electron chi connectivity index (χ3n) is 5.44. The van der Waals surface area contributed by atoms with Crippen LogP contribution in [0, 0.1) is 5.92 Å². The van der Waals surface area contributed by atoms with E-state index in [0.717, 1.165) is 21.2 Å². The zero-order chi connectivity index (χ0) is 22.0. The smallest absolute Gasteiger partial charge is 0.165 e. The number of fused-ring (bicyclic) bond motifs is 2. The molecule has 0 spiro atoms. The Labute approximate surface area is 185 Å². The third-order valence-corrected chi connectivity index (χ3v) is 6.58. The highest BCUT2D eigenvalue weighted by molar-refractivity contribution is 7.99. The third kappa shape index (κ3) is 4.30. The molecule has 5 nitrogen and oxygen atoms in total. The van der Waals surface area contributed by atoms with E-state index in [1.165, 1.54) is 13.8 Å². The summed E-state index contributed by atoms with van der Waals surface area (Å²) >= 11 is 1.61. The average molecular weight is 431 g/mol. The van der Waals surface area contributed by atoms with Crippen molar-refractivity contribution in [2.24, 2.45) is 5.92 Å². The Kier molecular flexibility index (Phi) is 6.00. The molecular formula is C25H22N2O3S. The fourth-order valence-electron chi connectivity index (χ4n) is 4.04. The Morgan fingerprint density at radius 2 is 1.61 bits per heavy atom. The normalized spacial score (nSPS) is 13.0. The number of para-hydroxylation sites is 2. The van der Waals surface area contributed by atoms with Crippen molar-refractivity contribution in [3.05, 3.63) is 78.1 Å². The number of anilines is 2. The van der Waals surface area contributed by atoms with E-state index in [2.05, 4.69) is 10.3 Å².